The lowest BCUT2D eigenvalue weighted by Gasteiger charge is -2.09. The van der Waals surface area contributed by atoms with Crippen LogP contribution in [0.5, 0.6) is 11.5 Å². The number of halogens is 1. The molecule has 0 saturated heterocycles. The molecule has 23 heavy (non-hydrogen) atoms. The third-order valence-electron chi connectivity index (χ3n) is 3.08. The number of rotatable bonds is 5. The summed E-state index contributed by atoms with van der Waals surface area (Å²) in [7, 11) is 1.58. The van der Waals surface area contributed by atoms with Crippen LogP contribution >= 0.6 is 11.6 Å². The second-order valence-corrected chi connectivity index (χ2v) is 5.01. The summed E-state index contributed by atoms with van der Waals surface area (Å²) in [4.78, 5) is 0. The van der Waals surface area contributed by atoms with E-state index in [9.17, 15) is 5.26 Å². The molecule has 0 bridgehead atoms. The molecule has 0 fully saturated rings. The molecule has 0 aromatic heterocycles. The summed E-state index contributed by atoms with van der Waals surface area (Å²) >= 11 is 5.99. The van der Waals surface area contributed by atoms with Gasteiger partial charge in [0, 0.05) is 10.6 Å². The first-order valence-electron chi connectivity index (χ1n) is 6.80. The number of ether oxygens (including phenoxy) is 2. The average molecular weight is 324 g/mol. The van der Waals surface area contributed by atoms with E-state index in [2.05, 4.69) is 12.0 Å². The lowest BCUT2D eigenvalue weighted by molar-refractivity contribution is 0.367. The van der Waals surface area contributed by atoms with E-state index in [-0.39, 0.29) is 6.61 Å². The first kappa shape index (κ1) is 16.5. The predicted octanol–water partition coefficient (Wildman–Crippen LogP) is 4.42. The molecule has 0 saturated carbocycles. The monoisotopic (exact) mass is 323 g/mol. The van der Waals surface area contributed by atoms with Crippen molar-refractivity contribution in [3.8, 4) is 29.9 Å². The van der Waals surface area contributed by atoms with Crippen molar-refractivity contribution >= 4 is 23.3 Å². The quantitative estimate of drug-likeness (QED) is 0.464. The van der Waals surface area contributed by atoms with Crippen LogP contribution in [0.1, 0.15) is 11.1 Å². The summed E-state index contributed by atoms with van der Waals surface area (Å²) < 4.78 is 10.7. The van der Waals surface area contributed by atoms with E-state index in [1.807, 2.05) is 6.07 Å². The molecule has 3 nitrogen and oxygen atoms in total. The van der Waals surface area contributed by atoms with Gasteiger partial charge in [-0.3, -0.25) is 0 Å². The maximum absolute atomic E-state index is 9.46. The molecule has 4 heteroatoms. The minimum Gasteiger partial charge on any atom is -0.497 e. The fourth-order valence-electron chi connectivity index (χ4n) is 2.01. The van der Waals surface area contributed by atoms with E-state index in [1.165, 1.54) is 0 Å². The largest absolute Gasteiger partial charge is 0.497 e. The third-order valence-corrected chi connectivity index (χ3v) is 3.32. The van der Waals surface area contributed by atoms with Crippen molar-refractivity contribution < 1.29 is 9.47 Å². The van der Waals surface area contributed by atoms with Gasteiger partial charge in [-0.05, 0) is 42.0 Å². The maximum atomic E-state index is 9.46. The van der Waals surface area contributed by atoms with Crippen LogP contribution in [-0.2, 0) is 0 Å². The minimum absolute atomic E-state index is 0.145. The van der Waals surface area contributed by atoms with Crippen LogP contribution in [-0.4, -0.2) is 13.7 Å². The smallest absolute Gasteiger partial charge is 0.148 e. The fourth-order valence-corrected chi connectivity index (χ4v) is 2.20. The van der Waals surface area contributed by atoms with Crippen molar-refractivity contribution in [3.05, 3.63) is 58.6 Å². The molecule has 0 aliphatic carbocycles. The molecule has 0 aliphatic rings. The third kappa shape index (κ3) is 4.30. The molecule has 0 N–H and O–H groups in total. The van der Waals surface area contributed by atoms with Gasteiger partial charge in [0.1, 0.15) is 18.1 Å². The summed E-state index contributed by atoms with van der Waals surface area (Å²) in [6.45, 7) is 0.145. The van der Waals surface area contributed by atoms with E-state index in [1.54, 1.807) is 49.6 Å². The van der Waals surface area contributed by atoms with E-state index in [0.717, 1.165) is 5.56 Å². The maximum Gasteiger partial charge on any atom is 0.148 e. The van der Waals surface area contributed by atoms with Gasteiger partial charge in [-0.1, -0.05) is 29.7 Å². The van der Waals surface area contributed by atoms with E-state index < -0.39 is 0 Å². The minimum atomic E-state index is 0.145. The predicted molar refractivity (Wildman–Crippen MR) is 92.3 cm³/mol. The second-order valence-electron chi connectivity index (χ2n) is 4.58. The van der Waals surface area contributed by atoms with Crippen LogP contribution < -0.4 is 9.47 Å². The Hall–Kier alpha value is -2.88. The summed E-state index contributed by atoms with van der Waals surface area (Å²) in [5, 5.41) is 10.0. The Bertz CT molecular complexity index is 813. The zero-order chi connectivity index (χ0) is 16.7. The first-order chi connectivity index (χ1) is 11.2. The number of hydrogen-bond donors (Lipinski definition) is 0. The van der Waals surface area contributed by atoms with Crippen LogP contribution in [0.15, 0.2) is 42.5 Å². The second kappa shape index (κ2) is 7.94. The highest BCUT2D eigenvalue weighted by Gasteiger charge is 2.07. The highest BCUT2D eigenvalue weighted by atomic mass is 35.5. The number of nitrogens with zero attached hydrogens (tertiary/aromatic N) is 1. The zero-order valence-corrected chi connectivity index (χ0v) is 13.3. The van der Waals surface area contributed by atoms with Crippen LogP contribution in [0.4, 0.5) is 0 Å². The van der Waals surface area contributed by atoms with Crippen molar-refractivity contribution in [1.29, 1.82) is 5.26 Å². The van der Waals surface area contributed by atoms with Crippen LogP contribution in [0.3, 0.4) is 0 Å². The van der Waals surface area contributed by atoms with Gasteiger partial charge in [-0.25, -0.2) is 0 Å². The highest BCUT2D eigenvalue weighted by molar-refractivity contribution is 6.30. The highest BCUT2D eigenvalue weighted by Crippen LogP contribution is 2.29. The van der Waals surface area contributed by atoms with E-state index in [0.29, 0.717) is 27.7 Å². The zero-order valence-electron chi connectivity index (χ0n) is 12.5. The fraction of sp³-hybridized carbons (Fsp3) is 0.105. The lowest BCUT2D eigenvalue weighted by atomic mass is 10.0. The van der Waals surface area contributed by atoms with Crippen LogP contribution in [0, 0.1) is 23.7 Å². The number of terminal acetylenes is 1. The van der Waals surface area contributed by atoms with Gasteiger partial charge in [0.15, 0.2) is 0 Å². The first-order valence-corrected chi connectivity index (χ1v) is 7.17. The van der Waals surface area contributed by atoms with Crippen molar-refractivity contribution in [2.75, 3.05) is 13.7 Å². The Morgan fingerprint density at radius 2 is 2.13 bits per heavy atom. The SMILES string of the molecule is C#CCOc1ccc(OC)cc1/C=C(/C#N)c1cccc(Cl)c1. The molecule has 0 heterocycles. The Labute approximate surface area is 140 Å². The molecule has 0 radical (unpaired) electrons. The summed E-state index contributed by atoms with van der Waals surface area (Å²) in [6.07, 6.45) is 6.96. The molecule has 2 aromatic carbocycles. The Balaban J connectivity index is 2.49. The summed E-state index contributed by atoms with van der Waals surface area (Å²) in [5.41, 5.74) is 1.90. The molecular formula is C19H14ClNO2. The molecule has 2 aromatic rings. The number of benzene rings is 2. The van der Waals surface area contributed by atoms with Crippen molar-refractivity contribution in [1.82, 2.24) is 0 Å². The molecule has 0 aliphatic heterocycles. The molecule has 0 amide bonds. The number of methoxy groups -OCH3 is 1. The number of nitriles is 1. The van der Waals surface area contributed by atoms with Gasteiger partial charge in [0.25, 0.3) is 0 Å². The summed E-state index contributed by atoms with van der Waals surface area (Å²) in [6, 6.07) is 14.6. The van der Waals surface area contributed by atoms with Gasteiger partial charge >= 0.3 is 0 Å². The molecular weight excluding hydrogens is 310 g/mol. The Kier molecular flexibility index (Phi) is 5.69. The van der Waals surface area contributed by atoms with Gasteiger partial charge in [-0.15, -0.1) is 6.42 Å². The average Bonchev–Trinajstić information content (AvgIpc) is 2.58. The van der Waals surface area contributed by atoms with Crippen LogP contribution in [0.25, 0.3) is 11.6 Å². The number of hydrogen-bond acceptors (Lipinski definition) is 3. The van der Waals surface area contributed by atoms with Gasteiger partial charge in [0.05, 0.1) is 18.8 Å². The topological polar surface area (TPSA) is 42.2 Å². The van der Waals surface area contributed by atoms with Crippen LogP contribution in [0.2, 0.25) is 5.02 Å². The Morgan fingerprint density at radius 1 is 1.30 bits per heavy atom. The molecule has 0 spiro atoms. The standard InChI is InChI=1S/C19H14ClNO2/c1-3-9-23-19-8-7-18(22-2)12-15(19)10-16(13-21)14-5-4-6-17(20)11-14/h1,4-8,10-12H,9H2,2H3/b16-10-. The van der Waals surface area contributed by atoms with Gasteiger partial charge in [0.2, 0.25) is 0 Å². The van der Waals surface area contributed by atoms with Crippen molar-refractivity contribution in [2.24, 2.45) is 0 Å². The summed E-state index contributed by atoms with van der Waals surface area (Å²) in [5.74, 6) is 3.66. The molecule has 2 rings (SSSR count). The van der Waals surface area contributed by atoms with E-state index in [4.69, 9.17) is 27.5 Å². The Morgan fingerprint density at radius 3 is 2.78 bits per heavy atom. The van der Waals surface area contributed by atoms with Gasteiger partial charge < -0.3 is 9.47 Å². The number of allylic oxidation sites excluding steroid dienone is 1. The van der Waals surface area contributed by atoms with Gasteiger partial charge in [-0.2, -0.15) is 5.26 Å². The van der Waals surface area contributed by atoms with E-state index >= 15 is 0 Å². The van der Waals surface area contributed by atoms with Crippen molar-refractivity contribution in [2.45, 2.75) is 0 Å². The molecule has 0 atom stereocenters. The molecule has 114 valence electrons. The lowest BCUT2D eigenvalue weighted by Crippen LogP contribution is -1.96. The van der Waals surface area contributed by atoms with Crippen molar-refractivity contribution in [3.63, 3.8) is 0 Å². The normalized spacial score (nSPS) is 10.5. The molecule has 0 unspecified atom stereocenters.